The summed E-state index contributed by atoms with van der Waals surface area (Å²) in [5.41, 5.74) is 1.07. The second-order valence-electron chi connectivity index (χ2n) is 3.40. The molecular weight excluding hydrogens is 190 g/mol. The molecule has 2 aromatic heterocycles. The first-order chi connectivity index (χ1) is 7.38. The van der Waals surface area contributed by atoms with Gasteiger partial charge in [-0.05, 0) is 13.1 Å². The number of imidazole rings is 1. The summed E-state index contributed by atoms with van der Waals surface area (Å²) in [6, 6.07) is 1.93. The largest absolute Gasteiger partial charge is 0.335 e. The normalized spacial score (nSPS) is 10.7. The molecular formula is C10H15N5. The first-order valence-electron chi connectivity index (χ1n) is 5.01. The van der Waals surface area contributed by atoms with E-state index in [1.807, 2.05) is 30.3 Å². The number of aromatic nitrogens is 4. The highest BCUT2D eigenvalue weighted by atomic mass is 15.3. The molecule has 0 unspecified atom stereocenters. The van der Waals surface area contributed by atoms with Crippen LogP contribution in [0.3, 0.4) is 0 Å². The van der Waals surface area contributed by atoms with Crippen LogP contribution in [0.2, 0.25) is 0 Å². The van der Waals surface area contributed by atoms with Crippen LogP contribution in [0.5, 0.6) is 0 Å². The average molecular weight is 205 g/mol. The van der Waals surface area contributed by atoms with Crippen molar-refractivity contribution in [2.75, 3.05) is 7.05 Å². The molecule has 5 heteroatoms. The Bertz CT molecular complexity index is 390. The molecule has 0 radical (unpaired) electrons. The number of rotatable bonds is 5. The lowest BCUT2D eigenvalue weighted by atomic mass is 10.5. The van der Waals surface area contributed by atoms with Crippen molar-refractivity contribution in [2.45, 2.75) is 19.6 Å². The van der Waals surface area contributed by atoms with Gasteiger partial charge in [-0.3, -0.25) is 4.68 Å². The van der Waals surface area contributed by atoms with Gasteiger partial charge in [-0.15, -0.1) is 0 Å². The zero-order valence-corrected chi connectivity index (χ0v) is 8.80. The minimum atomic E-state index is 0.814. The maximum atomic E-state index is 4.28. The molecule has 2 rings (SSSR count). The number of nitrogens with zero attached hydrogens (tertiary/aromatic N) is 4. The van der Waals surface area contributed by atoms with Gasteiger partial charge in [0.05, 0.1) is 18.6 Å². The van der Waals surface area contributed by atoms with E-state index in [4.69, 9.17) is 0 Å². The Morgan fingerprint density at radius 1 is 1.40 bits per heavy atom. The predicted molar refractivity (Wildman–Crippen MR) is 57.2 cm³/mol. The summed E-state index contributed by atoms with van der Waals surface area (Å²) in [7, 11) is 1.92. The lowest BCUT2D eigenvalue weighted by Gasteiger charge is -2.01. The van der Waals surface area contributed by atoms with Crippen LogP contribution >= 0.6 is 0 Å². The highest BCUT2D eigenvalue weighted by Crippen LogP contribution is 1.96. The van der Waals surface area contributed by atoms with Crippen molar-refractivity contribution in [3.05, 3.63) is 36.7 Å². The second kappa shape index (κ2) is 4.75. The molecule has 0 atom stereocenters. The monoisotopic (exact) mass is 205 g/mol. The Hall–Kier alpha value is -1.62. The summed E-state index contributed by atoms with van der Waals surface area (Å²) in [6.45, 7) is 2.59. The third-order valence-corrected chi connectivity index (χ3v) is 2.19. The third-order valence-electron chi connectivity index (χ3n) is 2.19. The minimum absolute atomic E-state index is 0.814. The fraction of sp³-hybridized carbons (Fsp3) is 0.400. The zero-order valence-electron chi connectivity index (χ0n) is 8.80. The first-order valence-corrected chi connectivity index (χ1v) is 5.01. The molecule has 2 heterocycles. The van der Waals surface area contributed by atoms with Gasteiger partial charge in [-0.2, -0.15) is 5.10 Å². The maximum Gasteiger partial charge on any atom is 0.0950 e. The summed E-state index contributed by atoms with van der Waals surface area (Å²) in [6.07, 6.45) is 7.67. The van der Waals surface area contributed by atoms with Crippen molar-refractivity contribution in [3.63, 3.8) is 0 Å². The van der Waals surface area contributed by atoms with Gasteiger partial charge >= 0.3 is 0 Å². The molecule has 0 aliphatic heterocycles. The fourth-order valence-corrected chi connectivity index (χ4v) is 1.45. The summed E-state index contributed by atoms with van der Waals surface area (Å²) in [5.74, 6) is 0. The summed E-state index contributed by atoms with van der Waals surface area (Å²) >= 11 is 0. The Kier molecular flexibility index (Phi) is 3.14. The van der Waals surface area contributed by atoms with Gasteiger partial charge in [-0.25, -0.2) is 4.98 Å². The lowest BCUT2D eigenvalue weighted by molar-refractivity contribution is 0.533. The van der Waals surface area contributed by atoms with Crippen molar-refractivity contribution < 1.29 is 0 Å². The van der Waals surface area contributed by atoms with Crippen LogP contribution in [-0.2, 0) is 19.6 Å². The molecule has 0 aliphatic rings. The molecule has 0 aromatic carbocycles. The maximum absolute atomic E-state index is 4.28. The molecule has 0 amide bonds. The Balaban J connectivity index is 1.88. The van der Waals surface area contributed by atoms with Crippen LogP contribution in [0.15, 0.2) is 31.0 Å². The minimum Gasteiger partial charge on any atom is -0.335 e. The van der Waals surface area contributed by atoms with Crippen molar-refractivity contribution in [2.24, 2.45) is 0 Å². The van der Waals surface area contributed by atoms with Gasteiger partial charge in [0, 0.05) is 31.7 Å². The van der Waals surface area contributed by atoms with E-state index in [0.29, 0.717) is 0 Å². The van der Waals surface area contributed by atoms with E-state index in [1.165, 1.54) is 0 Å². The predicted octanol–water partition coefficient (Wildman–Crippen LogP) is 0.499. The molecule has 1 N–H and O–H groups in total. The van der Waals surface area contributed by atoms with Crippen LogP contribution in [0.1, 0.15) is 5.69 Å². The van der Waals surface area contributed by atoms with Crippen molar-refractivity contribution in [1.82, 2.24) is 24.6 Å². The van der Waals surface area contributed by atoms with E-state index < -0.39 is 0 Å². The molecule has 0 bridgehead atoms. The average Bonchev–Trinajstić information content (AvgIpc) is 2.85. The molecule has 0 saturated carbocycles. The van der Waals surface area contributed by atoms with Gasteiger partial charge in [0.2, 0.25) is 0 Å². The Labute approximate surface area is 88.7 Å². The number of nitrogens with one attached hydrogen (secondary N) is 1. The van der Waals surface area contributed by atoms with E-state index >= 15 is 0 Å². The quantitative estimate of drug-likeness (QED) is 0.773. The molecule has 0 fully saturated rings. The second-order valence-corrected chi connectivity index (χ2v) is 3.40. The smallest absolute Gasteiger partial charge is 0.0950 e. The van der Waals surface area contributed by atoms with E-state index in [2.05, 4.69) is 26.2 Å². The van der Waals surface area contributed by atoms with Crippen LogP contribution in [0, 0.1) is 0 Å². The number of hydrogen-bond donors (Lipinski definition) is 1. The van der Waals surface area contributed by atoms with E-state index in [-0.39, 0.29) is 0 Å². The van der Waals surface area contributed by atoms with Gasteiger partial charge < -0.3 is 9.88 Å². The summed E-state index contributed by atoms with van der Waals surface area (Å²) in [4.78, 5) is 4.28. The third kappa shape index (κ3) is 2.66. The lowest BCUT2D eigenvalue weighted by Crippen LogP contribution is -2.07. The van der Waals surface area contributed by atoms with Crippen LogP contribution < -0.4 is 5.32 Å². The number of hydrogen-bond acceptors (Lipinski definition) is 3. The number of aryl methyl sites for hydroxylation is 2. The Morgan fingerprint density at radius 2 is 2.33 bits per heavy atom. The SMILES string of the molecule is CNCc1cn(CCn2cccn2)cn1. The molecule has 0 spiro atoms. The van der Waals surface area contributed by atoms with E-state index in [0.717, 1.165) is 25.3 Å². The van der Waals surface area contributed by atoms with E-state index in [1.54, 1.807) is 6.20 Å². The Morgan fingerprint density at radius 3 is 3.07 bits per heavy atom. The van der Waals surface area contributed by atoms with Gasteiger partial charge in [0.1, 0.15) is 0 Å². The zero-order chi connectivity index (χ0) is 10.5. The van der Waals surface area contributed by atoms with Crippen molar-refractivity contribution in [3.8, 4) is 0 Å². The highest BCUT2D eigenvalue weighted by molar-refractivity contribution is 4.95. The molecule has 15 heavy (non-hydrogen) atoms. The molecule has 5 nitrogen and oxygen atoms in total. The van der Waals surface area contributed by atoms with Crippen LogP contribution in [0.25, 0.3) is 0 Å². The van der Waals surface area contributed by atoms with Gasteiger partial charge in [0.15, 0.2) is 0 Å². The summed E-state index contributed by atoms with van der Waals surface area (Å²) in [5, 5.41) is 7.22. The van der Waals surface area contributed by atoms with E-state index in [9.17, 15) is 0 Å². The standard InChI is InChI=1S/C10H15N5/c1-11-7-10-8-14(9-12-10)5-6-15-4-2-3-13-15/h2-4,8-9,11H,5-7H2,1H3. The van der Waals surface area contributed by atoms with Crippen LogP contribution in [0.4, 0.5) is 0 Å². The molecule has 0 saturated heterocycles. The van der Waals surface area contributed by atoms with Gasteiger partial charge in [-0.1, -0.05) is 0 Å². The van der Waals surface area contributed by atoms with Gasteiger partial charge in [0.25, 0.3) is 0 Å². The fourth-order valence-electron chi connectivity index (χ4n) is 1.45. The topological polar surface area (TPSA) is 47.7 Å². The molecule has 0 aliphatic carbocycles. The van der Waals surface area contributed by atoms with Crippen molar-refractivity contribution >= 4 is 0 Å². The first kappa shape index (κ1) is 9.92. The molecule has 2 aromatic rings. The highest BCUT2D eigenvalue weighted by Gasteiger charge is 1.97. The molecule has 80 valence electrons. The van der Waals surface area contributed by atoms with Crippen LogP contribution in [-0.4, -0.2) is 26.4 Å². The van der Waals surface area contributed by atoms with Crippen molar-refractivity contribution in [1.29, 1.82) is 0 Å². The summed E-state index contributed by atoms with van der Waals surface area (Å²) < 4.78 is 3.99.